The van der Waals surface area contributed by atoms with Gasteiger partial charge < -0.3 is 39.6 Å². The number of aliphatic hydroxyl groups is 4. The number of oxazole rings is 1. The Morgan fingerprint density at radius 2 is 1.65 bits per heavy atom. The molecule has 1 unspecified atom stereocenters. The number of thioether (sulfide) groups is 1. The summed E-state index contributed by atoms with van der Waals surface area (Å²) >= 11 is 1.61. The fourth-order valence-electron chi connectivity index (χ4n) is 5.81. The second-order valence-electron chi connectivity index (χ2n) is 12.6. The highest BCUT2D eigenvalue weighted by Crippen LogP contribution is 2.37. The highest BCUT2D eigenvalue weighted by Gasteiger charge is 2.44. The van der Waals surface area contributed by atoms with Gasteiger partial charge in [-0.1, -0.05) is 51.6 Å². The zero-order chi connectivity index (χ0) is 33.0. The Hall–Kier alpha value is -2.75. The molecule has 13 heteroatoms. The van der Waals surface area contributed by atoms with Crippen LogP contribution in [0.2, 0.25) is 0 Å². The van der Waals surface area contributed by atoms with Gasteiger partial charge in [0.25, 0.3) is 5.22 Å². The maximum atomic E-state index is 13.3. The lowest BCUT2D eigenvalue weighted by Gasteiger charge is -2.39. The van der Waals surface area contributed by atoms with Gasteiger partial charge in [-0.2, -0.15) is 0 Å². The molecule has 0 bridgehead atoms. The predicted molar refractivity (Wildman–Crippen MR) is 175 cm³/mol. The van der Waals surface area contributed by atoms with Gasteiger partial charge in [0.05, 0.1) is 13.2 Å². The first kappa shape index (κ1) is 34.6. The first-order valence-corrected chi connectivity index (χ1v) is 16.9. The van der Waals surface area contributed by atoms with Crippen LogP contribution in [-0.2, 0) is 9.53 Å². The third kappa shape index (κ3) is 8.20. The molecule has 2 aliphatic rings. The molecule has 2 fully saturated rings. The molecule has 0 radical (unpaired) electrons. The van der Waals surface area contributed by atoms with Gasteiger partial charge in [-0.3, -0.25) is 14.6 Å². The van der Waals surface area contributed by atoms with Crippen molar-refractivity contribution in [3.05, 3.63) is 47.5 Å². The standard InChI is InChI=1S/C33H46N4O8S/c1-19(2)22-15-21(43-32-31(42)30(41)29(40)26(18-38)44-32)16-23(20(3)4)28(22)35-27(39)17-37-11-9-36(10-12-37)13-14-46-33-34-24-7-5-6-8-25(24)45-33/h5-8,15-16,19-20,26,29-32,38,40-42H,9-14,17-18H2,1-4H3,(H,35,39)/t26-,29-,30+,31-,32?/m1/s1. The largest absolute Gasteiger partial charge is 0.462 e. The quantitative estimate of drug-likeness (QED) is 0.181. The van der Waals surface area contributed by atoms with Crippen molar-refractivity contribution in [3.63, 3.8) is 0 Å². The van der Waals surface area contributed by atoms with Crippen LogP contribution in [0.25, 0.3) is 11.1 Å². The molecule has 1 aromatic heterocycles. The molecule has 252 valence electrons. The zero-order valence-electron chi connectivity index (χ0n) is 26.8. The molecule has 2 saturated heterocycles. The molecular weight excluding hydrogens is 612 g/mol. The number of amides is 1. The third-order valence-electron chi connectivity index (χ3n) is 8.52. The van der Waals surface area contributed by atoms with Crippen molar-refractivity contribution < 1.29 is 39.1 Å². The number of hydrogen-bond donors (Lipinski definition) is 5. The molecule has 3 aromatic rings. The van der Waals surface area contributed by atoms with Crippen LogP contribution in [0.3, 0.4) is 0 Å². The van der Waals surface area contributed by atoms with Crippen LogP contribution < -0.4 is 10.1 Å². The van der Waals surface area contributed by atoms with E-state index >= 15 is 0 Å². The summed E-state index contributed by atoms with van der Waals surface area (Å²) in [7, 11) is 0. The summed E-state index contributed by atoms with van der Waals surface area (Å²) < 4.78 is 17.3. The minimum atomic E-state index is -1.54. The van der Waals surface area contributed by atoms with Crippen molar-refractivity contribution in [2.45, 2.75) is 75.5 Å². The van der Waals surface area contributed by atoms with E-state index in [1.54, 1.807) is 23.9 Å². The third-order valence-corrected chi connectivity index (χ3v) is 9.33. The number of nitrogens with zero attached hydrogens (tertiary/aromatic N) is 3. The van der Waals surface area contributed by atoms with Gasteiger partial charge in [-0.25, -0.2) is 4.98 Å². The van der Waals surface area contributed by atoms with Crippen LogP contribution in [0.15, 0.2) is 46.0 Å². The van der Waals surface area contributed by atoms with Crippen molar-refractivity contribution in [2.75, 3.05) is 56.9 Å². The maximum absolute atomic E-state index is 13.3. The Bertz CT molecular complexity index is 1400. The first-order valence-electron chi connectivity index (χ1n) is 15.9. The summed E-state index contributed by atoms with van der Waals surface area (Å²) in [6.45, 7) is 12.1. The highest BCUT2D eigenvalue weighted by atomic mass is 32.2. The molecule has 12 nitrogen and oxygen atoms in total. The van der Waals surface area contributed by atoms with Crippen molar-refractivity contribution in [1.82, 2.24) is 14.8 Å². The van der Waals surface area contributed by atoms with Crippen LogP contribution in [0, 0.1) is 0 Å². The monoisotopic (exact) mass is 658 g/mol. The van der Waals surface area contributed by atoms with Gasteiger partial charge in [0.15, 0.2) is 5.58 Å². The summed E-state index contributed by atoms with van der Waals surface area (Å²) in [4.78, 5) is 22.4. The van der Waals surface area contributed by atoms with E-state index < -0.39 is 37.3 Å². The molecule has 5 rings (SSSR count). The van der Waals surface area contributed by atoms with Crippen LogP contribution in [0.4, 0.5) is 5.69 Å². The van der Waals surface area contributed by atoms with Crippen molar-refractivity contribution >= 4 is 34.5 Å². The van der Waals surface area contributed by atoms with Gasteiger partial charge in [-0.05, 0) is 47.2 Å². The molecule has 2 aliphatic heterocycles. The van der Waals surface area contributed by atoms with Crippen LogP contribution in [-0.4, -0.2) is 123 Å². The number of hydrogen-bond acceptors (Lipinski definition) is 12. The van der Waals surface area contributed by atoms with Crippen molar-refractivity contribution in [2.24, 2.45) is 0 Å². The van der Waals surface area contributed by atoms with Crippen molar-refractivity contribution in [3.8, 4) is 5.75 Å². The molecule has 3 heterocycles. The lowest BCUT2D eigenvalue weighted by molar-refractivity contribution is -0.277. The van der Waals surface area contributed by atoms with E-state index in [-0.39, 0.29) is 24.3 Å². The summed E-state index contributed by atoms with van der Waals surface area (Å²) in [5, 5.41) is 44.2. The number of ether oxygens (including phenoxy) is 2. The van der Waals surface area contributed by atoms with Gasteiger partial charge >= 0.3 is 0 Å². The normalized spacial score (nSPS) is 24.6. The number of para-hydroxylation sites is 2. The first-order chi connectivity index (χ1) is 22.0. The predicted octanol–water partition coefficient (Wildman–Crippen LogP) is 2.60. The smallest absolute Gasteiger partial charge is 0.256 e. The van der Waals surface area contributed by atoms with Crippen LogP contribution in [0.5, 0.6) is 5.75 Å². The molecule has 5 atom stereocenters. The van der Waals surface area contributed by atoms with Crippen molar-refractivity contribution in [1.29, 1.82) is 0 Å². The van der Waals surface area contributed by atoms with Gasteiger partial charge in [-0.15, -0.1) is 0 Å². The fourth-order valence-corrected chi connectivity index (χ4v) is 6.64. The lowest BCUT2D eigenvalue weighted by atomic mass is 9.92. The Labute approximate surface area is 273 Å². The summed E-state index contributed by atoms with van der Waals surface area (Å²) in [6, 6.07) is 11.4. The molecule has 5 N–H and O–H groups in total. The van der Waals surface area contributed by atoms with E-state index in [1.807, 2.05) is 52.0 Å². The number of benzene rings is 2. The average Bonchev–Trinajstić information content (AvgIpc) is 3.45. The molecule has 0 spiro atoms. The number of anilines is 1. The van der Waals surface area contributed by atoms with E-state index in [0.29, 0.717) is 11.0 Å². The lowest BCUT2D eigenvalue weighted by Crippen LogP contribution is -2.60. The second-order valence-corrected chi connectivity index (χ2v) is 13.6. The summed E-state index contributed by atoms with van der Waals surface area (Å²) in [5.41, 5.74) is 4.14. The van der Waals surface area contributed by atoms with E-state index in [0.717, 1.165) is 66.4 Å². The van der Waals surface area contributed by atoms with Gasteiger partial charge in [0, 0.05) is 44.2 Å². The Kier molecular flexibility index (Phi) is 11.6. The molecule has 46 heavy (non-hydrogen) atoms. The number of nitrogens with one attached hydrogen (secondary N) is 1. The summed E-state index contributed by atoms with van der Waals surface area (Å²) in [6.07, 6.45) is -6.89. The second kappa shape index (κ2) is 15.4. The fraction of sp³-hybridized carbons (Fsp3) is 0.576. The number of aliphatic hydroxyl groups excluding tert-OH is 4. The highest BCUT2D eigenvalue weighted by molar-refractivity contribution is 7.99. The van der Waals surface area contributed by atoms with Gasteiger partial charge in [0.2, 0.25) is 12.2 Å². The minimum Gasteiger partial charge on any atom is -0.462 e. The van der Waals surface area contributed by atoms with E-state index in [4.69, 9.17) is 13.9 Å². The number of rotatable bonds is 12. The number of aromatic nitrogens is 1. The Morgan fingerprint density at radius 1 is 1.00 bits per heavy atom. The Balaban J connectivity index is 1.16. The number of carbonyl (C=O) groups excluding carboxylic acids is 1. The minimum absolute atomic E-state index is 0.0299. The number of fused-ring (bicyclic) bond motifs is 1. The SMILES string of the molecule is CC(C)c1cc(OC2O[C@H](CO)[C@@H](O)[C@H](O)[C@H]2O)cc(C(C)C)c1NC(=O)CN1CCN(CCSc2nc3ccccc3o2)CC1. The maximum Gasteiger partial charge on any atom is 0.256 e. The average molecular weight is 659 g/mol. The zero-order valence-corrected chi connectivity index (χ0v) is 27.7. The number of carbonyl (C=O) groups is 1. The summed E-state index contributed by atoms with van der Waals surface area (Å²) in [5.74, 6) is 1.23. The molecular formula is C33H46N4O8S. The van der Waals surface area contributed by atoms with Crippen LogP contribution >= 0.6 is 11.8 Å². The Morgan fingerprint density at radius 3 is 2.28 bits per heavy atom. The molecule has 0 saturated carbocycles. The van der Waals surface area contributed by atoms with E-state index in [9.17, 15) is 25.2 Å². The van der Waals surface area contributed by atoms with E-state index in [2.05, 4.69) is 20.1 Å². The number of piperazine rings is 1. The molecule has 0 aliphatic carbocycles. The van der Waals surface area contributed by atoms with Crippen LogP contribution in [0.1, 0.15) is 50.7 Å². The van der Waals surface area contributed by atoms with Gasteiger partial charge in [0.1, 0.15) is 35.7 Å². The topological polar surface area (TPSA) is 161 Å². The molecule has 1 amide bonds. The molecule has 2 aromatic carbocycles. The van der Waals surface area contributed by atoms with E-state index in [1.165, 1.54) is 0 Å².